The topological polar surface area (TPSA) is 56.1 Å². The predicted octanol–water partition coefficient (Wildman–Crippen LogP) is 2.82. The molecule has 1 fully saturated rings. The molecular formula is C19H22FN5. The molecule has 2 aromatic rings. The first-order valence-corrected chi connectivity index (χ1v) is 8.55. The summed E-state index contributed by atoms with van der Waals surface area (Å²) in [5, 5.41) is 18.0. The molecule has 0 spiro atoms. The molecule has 130 valence electrons. The number of nitriles is 1. The third-order valence-corrected chi connectivity index (χ3v) is 4.79. The van der Waals surface area contributed by atoms with Crippen molar-refractivity contribution in [1.82, 2.24) is 15.1 Å². The van der Waals surface area contributed by atoms with E-state index in [9.17, 15) is 9.65 Å². The van der Waals surface area contributed by atoms with E-state index >= 15 is 0 Å². The molecule has 1 aromatic carbocycles. The Kier molecular flexibility index (Phi) is 5.25. The van der Waals surface area contributed by atoms with E-state index < -0.39 is 0 Å². The summed E-state index contributed by atoms with van der Waals surface area (Å²) in [6, 6.07) is 9.19. The Morgan fingerprint density at radius 2 is 1.92 bits per heavy atom. The summed E-state index contributed by atoms with van der Waals surface area (Å²) in [5.74, 6) is 0.508. The summed E-state index contributed by atoms with van der Waals surface area (Å²) in [6.07, 6.45) is 0.938. The molecule has 0 bridgehead atoms. The van der Waals surface area contributed by atoms with Crippen LogP contribution in [0.5, 0.6) is 0 Å². The van der Waals surface area contributed by atoms with Crippen molar-refractivity contribution in [3.63, 3.8) is 0 Å². The van der Waals surface area contributed by atoms with Gasteiger partial charge in [0.25, 0.3) is 0 Å². The lowest BCUT2D eigenvalue weighted by molar-refractivity contribution is 0.281. The number of anilines is 1. The van der Waals surface area contributed by atoms with Crippen LogP contribution in [0.15, 0.2) is 24.3 Å². The Morgan fingerprint density at radius 1 is 1.12 bits per heavy atom. The average molecular weight is 339 g/mol. The van der Waals surface area contributed by atoms with Crippen molar-refractivity contribution in [2.45, 2.75) is 26.8 Å². The second-order valence-corrected chi connectivity index (χ2v) is 6.43. The van der Waals surface area contributed by atoms with Crippen LogP contribution in [0.2, 0.25) is 0 Å². The summed E-state index contributed by atoms with van der Waals surface area (Å²) in [5.41, 5.74) is 3.01. The van der Waals surface area contributed by atoms with Crippen LogP contribution >= 0.6 is 0 Å². The van der Waals surface area contributed by atoms with Crippen LogP contribution in [0.4, 0.5) is 10.2 Å². The van der Waals surface area contributed by atoms with Crippen molar-refractivity contribution in [1.29, 1.82) is 5.26 Å². The van der Waals surface area contributed by atoms with Gasteiger partial charge in [0, 0.05) is 38.3 Å². The number of aromatic nitrogens is 2. The van der Waals surface area contributed by atoms with Crippen molar-refractivity contribution >= 4 is 5.82 Å². The lowest BCUT2D eigenvalue weighted by atomic mass is 10.1. The van der Waals surface area contributed by atoms with Gasteiger partial charge in [0.2, 0.25) is 0 Å². The number of benzene rings is 1. The Balaban J connectivity index is 1.73. The molecule has 0 N–H and O–H groups in total. The number of halogens is 1. The number of hydrogen-bond acceptors (Lipinski definition) is 5. The molecule has 0 saturated carbocycles. The summed E-state index contributed by atoms with van der Waals surface area (Å²) in [7, 11) is 0. The lowest BCUT2D eigenvalue weighted by Crippen LogP contribution is -2.32. The first kappa shape index (κ1) is 17.3. The maximum Gasteiger partial charge on any atom is 0.169 e. The minimum Gasteiger partial charge on any atom is -0.353 e. The number of hydrogen-bond donors (Lipinski definition) is 0. The molecule has 0 radical (unpaired) electrons. The van der Waals surface area contributed by atoms with E-state index in [0.717, 1.165) is 49.4 Å². The first-order valence-electron chi connectivity index (χ1n) is 8.55. The van der Waals surface area contributed by atoms with Gasteiger partial charge in [-0.2, -0.15) is 10.4 Å². The smallest absolute Gasteiger partial charge is 0.169 e. The summed E-state index contributed by atoms with van der Waals surface area (Å²) < 4.78 is 13.9. The van der Waals surface area contributed by atoms with E-state index in [-0.39, 0.29) is 5.82 Å². The number of aryl methyl sites for hydroxylation is 1. The first-order chi connectivity index (χ1) is 12.1. The van der Waals surface area contributed by atoms with Gasteiger partial charge in [0.15, 0.2) is 5.82 Å². The molecular weight excluding hydrogens is 317 g/mol. The average Bonchev–Trinajstić information content (AvgIpc) is 2.85. The SMILES string of the molecule is Cc1nnc(N2CCCN(Cc3ccccc3F)CC2)c(C#N)c1C. The second kappa shape index (κ2) is 7.58. The molecule has 25 heavy (non-hydrogen) atoms. The molecule has 5 nitrogen and oxygen atoms in total. The van der Waals surface area contributed by atoms with E-state index in [1.165, 1.54) is 6.07 Å². The monoisotopic (exact) mass is 339 g/mol. The Bertz CT molecular complexity index is 799. The Hall–Kier alpha value is -2.52. The quantitative estimate of drug-likeness (QED) is 0.861. The fourth-order valence-electron chi connectivity index (χ4n) is 3.16. The largest absolute Gasteiger partial charge is 0.353 e. The van der Waals surface area contributed by atoms with Gasteiger partial charge in [0.05, 0.1) is 5.69 Å². The zero-order valence-electron chi connectivity index (χ0n) is 14.7. The fourth-order valence-corrected chi connectivity index (χ4v) is 3.16. The molecule has 1 aliphatic heterocycles. The van der Waals surface area contributed by atoms with Crippen LogP contribution in [-0.2, 0) is 6.54 Å². The van der Waals surface area contributed by atoms with E-state index in [0.29, 0.717) is 17.9 Å². The molecule has 2 heterocycles. The van der Waals surface area contributed by atoms with Gasteiger partial charge in [-0.25, -0.2) is 4.39 Å². The van der Waals surface area contributed by atoms with E-state index in [1.54, 1.807) is 6.07 Å². The number of nitrogens with zero attached hydrogens (tertiary/aromatic N) is 5. The molecule has 1 aromatic heterocycles. The van der Waals surface area contributed by atoms with Crippen molar-refractivity contribution < 1.29 is 4.39 Å². The minimum absolute atomic E-state index is 0.157. The highest BCUT2D eigenvalue weighted by Crippen LogP contribution is 2.23. The highest BCUT2D eigenvalue weighted by molar-refractivity contribution is 5.57. The van der Waals surface area contributed by atoms with Crippen LogP contribution in [0.1, 0.15) is 28.8 Å². The third kappa shape index (κ3) is 3.77. The third-order valence-electron chi connectivity index (χ3n) is 4.79. The molecule has 6 heteroatoms. The number of rotatable bonds is 3. The molecule has 0 atom stereocenters. The predicted molar refractivity (Wildman–Crippen MR) is 94.7 cm³/mol. The van der Waals surface area contributed by atoms with Gasteiger partial charge >= 0.3 is 0 Å². The van der Waals surface area contributed by atoms with Crippen LogP contribution in [0.3, 0.4) is 0 Å². The van der Waals surface area contributed by atoms with E-state index in [1.807, 2.05) is 26.0 Å². The van der Waals surface area contributed by atoms with Crippen molar-refractivity contribution in [3.05, 3.63) is 52.5 Å². The summed E-state index contributed by atoms with van der Waals surface area (Å²) in [4.78, 5) is 4.37. The highest BCUT2D eigenvalue weighted by Gasteiger charge is 2.21. The second-order valence-electron chi connectivity index (χ2n) is 6.43. The lowest BCUT2D eigenvalue weighted by Gasteiger charge is -2.23. The maximum absolute atomic E-state index is 13.9. The van der Waals surface area contributed by atoms with Gasteiger partial charge in [-0.1, -0.05) is 18.2 Å². The van der Waals surface area contributed by atoms with Crippen LogP contribution in [0, 0.1) is 31.0 Å². The minimum atomic E-state index is -0.157. The molecule has 1 aliphatic rings. The van der Waals surface area contributed by atoms with Gasteiger partial charge in [-0.05, 0) is 31.9 Å². The summed E-state index contributed by atoms with van der Waals surface area (Å²) in [6.45, 7) is 7.64. The van der Waals surface area contributed by atoms with Gasteiger partial charge in [0.1, 0.15) is 17.4 Å². The van der Waals surface area contributed by atoms with Crippen molar-refractivity contribution in [2.24, 2.45) is 0 Å². The normalized spacial score (nSPS) is 15.7. The Labute approximate surface area is 147 Å². The molecule has 3 rings (SSSR count). The van der Waals surface area contributed by atoms with E-state index in [2.05, 4.69) is 26.1 Å². The molecule has 0 amide bonds. The fraction of sp³-hybridized carbons (Fsp3) is 0.421. The Morgan fingerprint density at radius 3 is 2.68 bits per heavy atom. The van der Waals surface area contributed by atoms with Crippen molar-refractivity contribution in [2.75, 3.05) is 31.1 Å². The molecule has 0 unspecified atom stereocenters. The standard InChI is InChI=1S/C19H22FN5/c1-14-15(2)22-23-19(17(14)12-21)25-9-5-8-24(10-11-25)13-16-6-3-4-7-18(16)20/h3-4,6-7H,5,8-11,13H2,1-2H3. The zero-order chi connectivity index (χ0) is 17.8. The van der Waals surface area contributed by atoms with Crippen LogP contribution in [-0.4, -0.2) is 41.3 Å². The van der Waals surface area contributed by atoms with Crippen molar-refractivity contribution in [3.8, 4) is 6.07 Å². The van der Waals surface area contributed by atoms with Crippen LogP contribution in [0.25, 0.3) is 0 Å². The maximum atomic E-state index is 13.9. The zero-order valence-corrected chi connectivity index (χ0v) is 14.7. The van der Waals surface area contributed by atoms with Crippen LogP contribution < -0.4 is 4.90 Å². The molecule has 0 aliphatic carbocycles. The van der Waals surface area contributed by atoms with Gasteiger partial charge in [-0.15, -0.1) is 5.10 Å². The summed E-state index contributed by atoms with van der Waals surface area (Å²) >= 11 is 0. The molecule has 1 saturated heterocycles. The van der Waals surface area contributed by atoms with Gasteiger partial charge < -0.3 is 4.90 Å². The highest BCUT2D eigenvalue weighted by atomic mass is 19.1. The van der Waals surface area contributed by atoms with E-state index in [4.69, 9.17) is 0 Å². The van der Waals surface area contributed by atoms with Gasteiger partial charge in [-0.3, -0.25) is 4.90 Å².